The zero-order valence-electron chi connectivity index (χ0n) is 17.1. The molecule has 0 aliphatic rings. The second kappa shape index (κ2) is 8.46. The summed E-state index contributed by atoms with van der Waals surface area (Å²) < 4.78 is 49.1. The summed E-state index contributed by atoms with van der Waals surface area (Å²) in [4.78, 5) is 25.7. The molecular formula is C19H19F3N6O2S. The predicted molar refractivity (Wildman–Crippen MR) is 110 cm³/mol. The Labute approximate surface area is 180 Å². The predicted octanol–water partition coefficient (Wildman–Crippen LogP) is 5.13. The number of carbonyl (C=O) groups is 1. The van der Waals surface area contributed by atoms with Gasteiger partial charge in [-0.1, -0.05) is 6.07 Å². The molecule has 0 aliphatic heterocycles. The van der Waals surface area contributed by atoms with Gasteiger partial charge in [-0.2, -0.15) is 22.5 Å². The normalized spacial score (nSPS) is 11.8. The minimum atomic E-state index is -4.63. The molecule has 12 heteroatoms. The highest BCUT2D eigenvalue weighted by molar-refractivity contribution is 7.09. The van der Waals surface area contributed by atoms with Crippen molar-refractivity contribution >= 4 is 34.3 Å². The number of rotatable bonds is 4. The van der Waals surface area contributed by atoms with Gasteiger partial charge in [0, 0.05) is 31.0 Å². The van der Waals surface area contributed by atoms with E-state index >= 15 is 0 Å². The lowest BCUT2D eigenvalue weighted by molar-refractivity contribution is -0.137. The maximum absolute atomic E-state index is 13.2. The molecule has 8 nitrogen and oxygen atoms in total. The van der Waals surface area contributed by atoms with Crippen LogP contribution < -0.4 is 10.2 Å². The fourth-order valence-corrected chi connectivity index (χ4v) is 2.94. The lowest BCUT2D eigenvalue weighted by Gasteiger charge is -2.26. The Morgan fingerprint density at radius 1 is 1.19 bits per heavy atom. The zero-order valence-corrected chi connectivity index (χ0v) is 17.9. The summed E-state index contributed by atoms with van der Waals surface area (Å²) >= 11 is 0.979. The van der Waals surface area contributed by atoms with Gasteiger partial charge in [0.25, 0.3) is 0 Å². The molecule has 0 radical (unpaired) electrons. The Hall–Kier alpha value is -3.28. The van der Waals surface area contributed by atoms with Crippen molar-refractivity contribution in [2.75, 3.05) is 17.3 Å². The molecule has 0 fully saturated rings. The first kappa shape index (κ1) is 22.4. The van der Waals surface area contributed by atoms with E-state index in [4.69, 9.17) is 4.74 Å². The highest BCUT2D eigenvalue weighted by Crippen LogP contribution is 2.35. The molecule has 0 spiro atoms. The summed E-state index contributed by atoms with van der Waals surface area (Å²) in [5.41, 5.74) is -1.42. The number of halogens is 3. The number of aromatic nitrogens is 4. The Morgan fingerprint density at radius 2 is 1.94 bits per heavy atom. The quantitative estimate of drug-likeness (QED) is 0.587. The van der Waals surface area contributed by atoms with E-state index in [1.54, 1.807) is 45.2 Å². The van der Waals surface area contributed by atoms with Crippen LogP contribution in [0.2, 0.25) is 0 Å². The Balaban J connectivity index is 1.94. The number of hydrogen-bond acceptors (Lipinski definition) is 8. The van der Waals surface area contributed by atoms with E-state index < -0.39 is 23.4 Å². The van der Waals surface area contributed by atoms with Gasteiger partial charge in [0.05, 0.1) is 11.3 Å². The fraction of sp³-hybridized carbons (Fsp3) is 0.316. The van der Waals surface area contributed by atoms with Crippen molar-refractivity contribution in [3.63, 3.8) is 0 Å². The average molecular weight is 452 g/mol. The summed E-state index contributed by atoms with van der Waals surface area (Å²) in [5.74, 6) is 0.340. The molecule has 164 valence electrons. The molecule has 3 aromatic rings. The van der Waals surface area contributed by atoms with Crippen LogP contribution in [0.3, 0.4) is 0 Å². The van der Waals surface area contributed by atoms with Gasteiger partial charge in [0.15, 0.2) is 11.6 Å². The number of amides is 1. The molecule has 0 bridgehead atoms. The average Bonchev–Trinajstić information content (AvgIpc) is 3.15. The molecule has 3 aromatic heterocycles. The first-order valence-corrected chi connectivity index (χ1v) is 9.77. The van der Waals surface area contributed by atoms with Gasteiger partial charge in [-0.25, -0.2) is 9.78 Å². The molecule has 1 N–H and O–H groups in total. The smallest absolute Gasteiger partial charge is 0.417 e. The van der Waals surface area contributed by atoms with Crippen molar-refractivity contribution in [1.82, 2.24) is 19.3 Å². The SMILES string of the molecule is CN(C(=O)OC(C)(C)C)c1cc(C(F)(F)F)cnc1Nc1nc(-c2ccccn2)ns1. The molecule has 1 amide bonds. The highest BCUT2D eigenvalue weighted by Gasteiger charge is 2.33. The topological polar surface area (TPSA) is 93.1 Å². The van der Waals surface area contributed by atoms with Crippen molar-refractivity contribution in [2.45, 2.75) is 32.5 Å². The molecule has 0 aliphatic carbocycles. The van der Waals surface area contributed by atoms with Crippen LogP contribution in [0.4, 0.5) is 34.6 Å². The monoisotopic (exact) mass is 452 g/mol. The highest BCUT2D eigenvalue weighted by atomic mass is 32.1. The van der Waals surface area contributed by atoms with E-state index in [1.165, 1.54) is 7.05 Å². The van der Waals surface area contributed by atoms with Crippen LogP contribution in [-0.4, -0.2) is 38.1 Å². The van der Waals surface area contributed by atoms with Gasteiger partial charge in [0.1, 0.15) is 11.3 Å². The van der Waals surface area contributed by atoms with Crippen LogP contribution in [0.15, 0.2) is 36.7 Å². The van der Waals surface area contributed by atoms with Crippen LogP contribution in [0, 0.1) is 0 Å². The number of anilines is 3. The summed E-state index contributed by atoms with van der Waals surface area (Å²) in [6.45, 7) is 4.97. The number of alkyl halides is 3. The van der Waals surface area contributed by atoms with Gasteiger partial charge in [-0.05, 0) is 39.0 Å². The molecule has 0 unspecified atom stereocenters. The molecular weight excluding hydrogens is 433 g/mol. The molecule has 0 aromatic carbocycles. The first-order valence-electron chi connectivity index (χ1n) is 9.00. The maximum atomic E-state index is 13.2. The van der Waals surface area contributed by atoms with Crippen LogP contribution >= 0.6 is 11.5 Å². The molecule has 0 saturated carbocycles. The number of pyridine rings is 2. The lowest BCUT2D eigenvalue weighted by atomic mass is 10.2. The summed E-state index contributed by atoms with van der Waals surface area (Å²) in [7, 11) is 1.30. The molecule has 0 atom stereocenters. The van der Waals surface area contributed by atoms with E-state index in [-0.39, 0.29) is 16.6 Å². The molecule has 3 heterocycles. The summed E-state index contributed by atoms with van der Waals surface area (Å²) in [5, 5.41) is 3.10. The van der Waals surface area contributed by atoms with Gasteiger partial charge in [-0.3, -0.25) is 9.88 Å². The standard InChI is InChI=1S/C19H19F3N6O2S/c1-18(2,3)30-17(29)28(4)13-9-11(19(20,21)22)10-24-15(13)26-16-25-14(27-31-16)12-7-5-6-8-23-12/h5-10H,1-4H3,(H,24,25,26,27). The molecule has 31 heavy (non-hydrogen) atoms. The molecule has 0 saturated heterocycles. The largest absolute Gasteiger partial charge is 0.443 e. The van der Waals surface area contributed by atoms with Gasteiger partial charge in [-0.15, -0.1) is 0 Å². The van der Waals surface area contributed by atoms with Crippen LogP contribution in [0.5, 0.6) is 0 Å². The summed E-state index contributed by atoms with van der Waals surface area (Å²) in [6, 6.07) is 6.07. The Morgan fingerprint density at radius 3 is 2.55 bits per heavy atom. The number of nitrogens with zero attached hydrogens (tertiary/aromatic N) is 5. The van der Waals surface area contributed by atoms with Gasteiger partial charge in [0.2, 0.25) is 5.13 Å². The Kier molecular flexibility index (Phi) is 6.11. The number of carbonyl (C=O) groups excluding carboxylic acids is 1. The van der Waals surface area contributed by atoms with Crippen molar-refractivity contribution in [1.29, 1.82) is 0 Å². The molecule has 3 rings (SSSR count). The fourth-order valence-electron chi connectivity index (χ4n) is 2.36. The van der Waals surface area contributed by atoms with Crippen LogP contribution in [-0.2, 0) is 10.9 Å². The first-order chi connectivity index (χ1) is 14.4. The lowest BCUT2D eigenvalue weighted by Crippen LogP contribution is -2.34. The third-order valence-corrected chi connectivity index (χ3v) is 4.40. The zero-order chi connectivity index (χ0) is 22.8. The van der Waals surface area contributed by atoms with Crippen molar-refractivity contribution in [3.05, 3.63) is 42.2 Å². The van der Waals surface area contributed by atoms with Crippen molar-refractivity contribution < 1.29 is 22.7 Å². The van der Waals surface area contributed by atoms with E-state index in [0.717, 1.165) is 22.5 Å². The van der Waals surface area contributed by atoms with Crippen LogP contribution in [0.1, 0.15) is 26.3 Å². The Bertz CT molecular complexity index is 1070. The van der Waals surface area contributed by atoms with Crippen molar-refractivity contribution in [2.24, 2.45) is 0 Å². The third kappa shape index (κ3) is 5.66. The third-order valence-electron chi connectivity index (χ3n) is 3.77. The van der Waals surface area contributed by atoms with E-state index in [0.29, 0.717) is 17.7 Å². The number of ether oxygens (including phenoxy) is 1. The van der Waals surface area contributed by atoms with Crippen LogP contribution in [0.25, 0.3) is 11.5 Å². The van der Waals surface area contributed by atoms with Gasteiger partial charge < -0.3 is 10.1 Å². The maximum Gasteiger partial charge on any atom is 0.417 e. The van der Waals surface area contributed by atoms with Gasteiger partial charge >= 0.3 is 12.3 Å². The van der Waals surface area contributed by atoms with E-state index in [2.05, 4.69) is 24.6 Å². The number of hydrogen-bond donors (Lipinski definition) is 1. The second-order valence-corrected chi connectivity index (χ2v) is 8.14. The van der Waals surface area contributed by atoms with E-state index in [9.17, 15) is 18.0 Å². The van der Waals surface area contributed by atoms with E-state index in [1.807, 2.05) is 0 Å². The van der Waals surface area contributed by atoms with Crippen molar-refractivity contribution in [3.8, 4) is 11.5 Å². The number of nitrogens with one attached hydrogen (secondary N) is 1. The second-order valence-electron chi connectivity index (χ2n) is 7.39. The minimum Gasteiger partial charge on any atom is -0.443 e. The summed E-state index contributed by atoms with van der Waals surface area (Å²) in [6.07, 6.45) is -3.20. The minimum absolute atomic E-state index is 0.00919.